The van der Waals surface area contributed by atoms with E-state index in [1.807, 2.05) is 0 Å². The summed E-state index contributed by atoms with van der Waals surface area (Å²) in [5.74, 6) is 0.703. The number of hydrogen-bond acceptors (Lipinski definition) is 2. The molecule has 0 aliphatic carbocycles. The summed E-state index contributed by atoms with van der Waals surface area (Å²) in [5.41, 5.74) is 9.19. The number of rotatable bonds is 5. The second-order valence-electron chi connectivity index (χ2n) is 6.62. The minimum Gasteiger partial charge on any atom is -0.326 e. The first-order valence-corrected chi connectivity index (χ1v) is 8.12. The van der Waals surface area contributed by atoms with E-state index >= 15 is 0 Å². The third kappa shape index (κ3) is 3.24. The third-order valence-electron chi connectivity index (χ3n) is 4.76. The molecule has 0 saturated carbocycles. The molecule has 2 N–H and O–H groups in total. The summed E-state index contributed by atoms with van der Waals surface area (Å²) in [6.45, 7) is 10.2. The molecule has 1 aromatic rings. The van der Waals surface area contributed by atoms with Crippen LogP contribution in [0, 0.1) is 12.8 Å². The van der Waals surface area contributed by atoms with Crippen LogP contribution in [0.3, 0.4) is 0 Å². The second-order valence-corrected chi connectivity index (χ2v) is 6.62. The smallest absolute Gasteiger partial charge is 0.0502 e. The Morgan fingerprint density at radius 1 is 1.25 bits per heavy atom. The topological polar surface area (TPSA) is 29.3 Å². The number of hydrogen-bond donors (Lipinski definition) is 1. The second kappa shape index (κ2) is 6.73. The molecule has 0 amide bonds. The molecule has 1 aliphatic heterocycles. The van der Waals surface area contributed by atoms with Crippen LogP contribution in [0.1, 0.15) is 57.2 Å². The van der Waals surface area contributed by atoms with Gasteiger partial charge in [-0.1, -0.05) is 50.6 Å². The summed E-state index contributed by atoms with van der Waals surface area (Å²) >= 11 is 0. The minimum atomic E-state index is 0.219. The standard InChI is InChI=1S/C18H30N2/c1-5-16(19)18(15-10-8-14(4)9-11-15)20-12-6-7-17(20)13(2)3/h8-11,13,16-18H,5-7,12,19H2,1-4H3. The lowest BCUT2D eigenvalue weighted by Crippen LogP contribution is -2.44. The molecule has 3 unspecified atom stereocenters. The van der Waals surface area contributed by atoms with Crippen LogP contribution in [0.5, 0.6) is 0 Å². The Morgan fingerprint density at radius 3 is 2.45 bits per heavy atom. The van der Waals surface area contributed by atoms with Crippen LogP contribution in [0.4, 0.5) is 0 Å². The highest BCUT2D eigenvalue weighted by molar-refractivity contribution is 5.26. The van der Waals surface area contributed by atoms with Gasteiger partial charge in [0.25, 0.3) is 0 Å². The van der Waals surface area contributed by atoms with Gasteiger partial charge in [-0.25, -0.2) is 0 Å². The van der Waals surface area contributed by atoms with E-state index in [2.05, 4.69) is 56.9 Å². The molecule has 3 atom stereocenters. The average Bonchev–Trinajstić information content (AvgIpc) is 2.90. The Kier molecular flexibility index (Phi) is 5.22. The molecule has 2 rings (SSSR count). The third-order valence-corrected chi connectivity index (χ3v) is 4.76. The predicted octanol–water partition coefficient (Wildman–Crippen LogP) is 3.89. The van der Waals surface area contributed by atoms with E-state index in [-0.39, 0.29) is 6.04 Å². The maximum atomic E-state index is 6.49. The van der Waals surface area contributed by atoms with Crippen molar-refractivity contribution in [3.05, 3.63) is 35.4 Å². The lowest BCUT2D eigenvalue weighted by Gasteiger charge is -2.38. The molecule has 0 spiro atoms. The van der Waals surface area contributed by atoms with Crippen molar-refractivity contribution in [1.82, 2.24) is 4.90 Å². The van der Waals surface area contributed by atoms with Crippen LogP contribution in [0.15, 0.2) is 24.3 Å². The van der Waals surface area contributed by atoms with Gasteiger partial charge in [0.1, 0.15) is 0 Å². The van der Waals surface area contributed by atoms with Crippen molar-refractivity contribution in [1.29, 1.82) is 0 Å². The normalized spacial score (nSPS) is 23.2. The summed E-state index contributed by atoms with van der Waals surface area (Å²) in [6.07, 6.45) is 3.65. The lowest BCUT2D eigenvalue weighted by atomic mass is 9.92. The number of benzene rings is 1. The van der Waals surface area contributed by atoms with Crippen molar-refractivity contribution in [2.45, 2.75) is 65.1 Å². The van der Waals surface area contributed by atoms with Gasteiger partial charge >= 0.3 is 0 Å². The minimum absolute atomic E-state index is 0.219. The van der Waals surface area contributed by atoms with Crippen molar-refractivity contribution in [2.75, 3.05) is 6.54 Å². The SMILES string of the molecule is CCC(N)C(c1ccc(C)cc1)N1CCCC1C(C)C. The Hall–Kier alpha value is -0.860. The van der Waals surface area contributed by atoms with Gasteiger partial charge in [0, 0.05) is 12.1 Å². The summed E-state index contributed by atoms with van der Waals surface area (Å²) in [7, 11) is 0. The molecule has 2 heteroatoms. The van der Waals surface area contributed by atoms with Crippen molar-refractivity contribution in [2.24, 2.45) is 11.7 Å². The Bertz CT molecular complexity index is 410. The van der Waals surface area contributed by atoms with E-state index in [1.165, 1.54) is 30.5 Å². The van der Waals surface area contributed by atoms with Crippen LogP contribution >= 0.6 is 0 Å². The van der Waals surface area contributed by atoms with E-state index in [4.69, 9.17) is 5.73 Å². The van der Waals surface area contributed by atoms with Crippen molar-refractivity contribution >= 4 is 0 Å². The first-order valence-electron chi connectivity index (χ1n) is 8.12. The largest absolute Gasteiger partial charge is 0.326 e. The maximum Gasteiger partial charge on any atom is 0.0502 e. The van der Waals surface area contributed by atoms with E-state index in [9.17, 15) is 0 Å². The number of nitrogens with two attached hydrogens (primary N) is 1. The predicted molar refractivity (Wildman–Crippen MR) is 86.8 cm³/mol. The van der Waals surface area contributed by atoms with Crippen LogP contribution < -0.4 is 5.73 Å². The Labute approximate surface area is 124 Å². The van der Waals surface area contributed by atoms with Crippen LogP contribution in [0.25, 0.3) is 0 Å². The van der Waals surface area contributed by atoms with Gasteiger partial charge < -0.3 is 5.73 Å². The van der Waals surface area contributed by atoms with Gasteiger partial charge in [0.15, 0.2) is 0 Å². The first kappa shape index (κ1) is 15.5. The van der Waals surface area contributed by atoms with Gasteiger partial charge in [0.05, 0.1) is 6.04 Å². The monoisotopic (exact) mass is 274 g/mol. The van der Waals surface area contributed by atoms with Crippen molar-refractivity contribution in [3.8, 4) is 0 Å². The average molecular weight is 274 g/mol. The van der Waals surface area contributed by atoms with E-state index < -0.39 is 0 Å². The highest BCUT2D eigenvalue weighted by Crippen LogP contribution is 2.35. The van der Waals surface area contributed by atoms with Gasteiger partial charge in [-0.3, -0.25) is 4.90 Å². The lowest BCUT2D eigenvalue weighted by molar-refractivity contribution is 0.125. The molecule has 0 aromatic heterocycles. The highest BCUT2D eigenvalue weighted by Gasteiger charge is 2.35. The zero-order valence-electron chi connectivity index (χ0n) is 13.5. The van der Waals surface area contributed by atoms with Gasteiger partial charge in [-0.15, -0.1) is 0 Å². The fraction of sp³-hybridized carbons (Fsp3) is 0.667. The molecule has 1 saturated heterocycles. The van der Waals surface area contributed by atoms with Crippen molar-refractivity contribution in [3.63, 3.8) is 0 Å². The molecular weight excluding hydrogens is 244 g/mol. The number of nitrogens with zero attached hydrogens (tertiary/aromatic N) is 1. The molecule has 1 aromatic carbocycles. The zero-order chi connectivity index (χ0) is 14.7. The Morgan fingerprint density at radius 2 is 1.90 bits per heavy atom. The van der Waals surface area contributed by atoms with Crippen LogP contribution in [-0.4, -0.2) is 23.5 Å². The number of likely N-dealkylation sites (tertiary alicyclic amines) is 1. The molecule has 20 heavy (non-hydrogen) atoms. The van der Waals surface area contributed by atoms with E-state index in [1.54, 1.807) is 0 Å². The van der Waals surface area contributed by atoms with Gasteiger partial charge in [-0.05, 0) is 44.2 Å². The molecule has 1 fully saturated rings. The van der Waals surface area contributed by atoms with E-state index in [0.29, 0.717) is 18.0 Å². The molecule has 0 bridgehead atoms. The van der Waals surface area contributed by atoms with Crippen molar-refractivity contribution < 1.29 is 0 Å². The first-order chi connectivity index (χ1) is 9.54. The summed E-state index contributed by atoms with van der Waals surface area (Å²) in [6, 6.07) is 10.2. The van der Waals surface area contributed by atoms with Gasteiger partial charge in [-0.2, -0.15) is 0 Å². The zero-order valence-corrected chi connectivity index (χ0v) is 13.5. The highest BCUT2D eigenvalue weighted by atomic mass is 15.2. The molecule has 112 valence electrons. The Balaban J connectivity index is 2.30. The van der Waals surface area contributed by atoms with E-state index in [0.717, 1.165) is 6.42 Å². The molecule has 1 heterocycles. The number of aryl methyl sites for hydroxylation is 1. The molecule has 0 radical (unpaired) electrons. The fourth-order valence-electron chi connectivity index (χ4n) is 3.55. The van der Waals surface area contributed by atoms with Crippen LogP contribution in [0.2, 0.25) is 0 Å². The molecule has 1 aliphatic rings. The van der Waals surface area contributed by atoms with Gasteiger partial charge in [0.2, 0.25) is 0 Å². The summed E-state index contributed by atoms with van der Waals surface area (Å²) < 4.78 is 0. The molecular formula is C18H30N2. The maximum absolute atomic E-state index is 6.49. The van der Waals surface area contributed by atoms with Crippen LogP contribution in [-0.2, 0) is 0 Å². The fourth-order valence-corrected chi connectivity index (χ4v) is 3.55. The summed E-state index contributed by atoms with van der Waals surface area (Å²) in [4.78, 5) is 2.67. The molecule has 2 nitrogen and oxygen atoms in total. The summed E-state index contributed by atoms with van der Waals surface area (Å²) in [5, 5.41) is 0. The quantitative estimate of drug-likeness (QED) is 0.882.